The zero-order valence-corrected chi connectivity index (χ0v) is 15.0. The summed E-state index contributed by atoms with van der Waals surface area (Å²) in [7, 11) is 0. The van der Waals surface area contributed by atoms with Gasteiger partial charge in [0.1, 0.15) is 5.82 Å². The first-order chi connectivity index (χ1) is 10.1. The van der Waals surface area contributed by atoms with Crippen LogP contribution < -0.4 is 5.32 Å². The molecule has 2 aromatic carbocycles. The van der Waals surface area contributed by atoms with Gasteiger partial charge < -0.3 is 5.32 Å². The molecule has 1 N–H and O–H groups in total. The molecule has 0 bridgehead atoms. The second kappa shape index (κ2) is 8.06. The Labute approximate surface area is 142 Å². The van der Waals surface area contributed by atoms with Crippen LogP contribution in [0, 0.1) is 5.82 Å². The largest absolute Gasteiger partial charge is 0.316 e. The van der Waals surface area contributed by atoms with Crippen LogP contribution in [0.25, 0.3) is 0 Å². The van der Waals surface area contributed by atoms with Gasteiger partial charge >= 0.3 is 0 Å². The molecule has 2 aromatic rings. The maximum Gasteiger partial charge on any atom is 0.127 e. The van der Waals surface area contributed by atoms with Crippen molar-refractivity contribution in [3.63, 3.8) is 0 Å². The van der Waals surface area contributed by atoms with Gasteiger partial charge in [-0.15, -0.1) is 0 Å². The normalized spacial score (nSPS) is 12.4. The number of hydrogen-bond donors (Lipinski definition) is 1. The molecule has 21 heavy (non-hydrogen) atoms. The fourth-order valence-corrected chi connectivity index (χ4v) is 2.91. The third-order valence-corrected chi connectivity index (χ3v) is 4.49. The summed E-state index contributed by atoms with van der Waals surface area (Å²) in [5.74, 6) is 0.108. The lowest BCUT2D eigenvalue weighted by molar-refractivity contribution is 0.562. The van der Waals surface area contributed by atoms with Gasteiger partial charge in [0.05, 0.1) is 0 Å². The third kappa shape index (κ3) is 4.90. The van der Waals surface area contributed by atoms with Crippen molar-refractivity contribution in [3.05, 3.63) is 68.4 Å². The second-order valence-electron chi connectivity index (χ2n) is 5.00. The van der Waals surface area contributed by atoms with Crippen molar-refractivity contribution in [2.45, 2.75) is 19.3 Å². The van der Waals surface area contributed by atoms with Gasteiger partial charge in [0.25, 0.3) is 0 Å². The molecule has 1 nitrogen and oxygen atoms in total. The van der Waals surface area contributed by atoms with Gasteiger partial charge in [0.15, 0.2) is 0 Å². The van der Waals surface area contributed by atoms with Gasteiger partial charge in [-0.05, 0) is 48.4 Å². The smallest absolute Gasteiger partial charge is 0.127 e. The molecule has 1 unspecified atom stereocenters. The maximum atomic E-state index is 14.1. The molecule has 0 aromatic heterocycles. The summed E-state index contributed by atoms with van der Waals surface area (Å²) >= 11 is 6.75. The first-order valence-electron chi connectivity index (χ1n) is 7.00. The van der Waals surface area contributed by atoms with E-state index in [-0.39, 0.29) is 11.7 Å². The summed E-state index contributed by atoms with van der Waals surface area (Å²) in [6.45, 7) is 3.84. The quantitative estimate of drug-likeness (QED) is 0.677. The zero-order chi connectivity index (χ0) is 15.2. The highest BCUT2D eigenvalue weighted by molar-refractivity contribution is 9.10. The van der Waals surface area contributed by atoms with Gasteiger partial charge in [-0.25, -0.2) is 4.39 Å². The Kier molecular flexibility index (Phi) is 6.40. The van der Waals surface area contributed by atoms with E-state index < -0.39 is 0 Å². The predicted octanol–water partition coefficient (Wildman–Crippen LogP) is 5.29. The summed E-state index contributed by atoms with van der Waals surface area (Å²) in [6.07, 6.45) is 0.688. The minimum Gasteiger partial charge on any atom is -0.316 e. The SMILES string of the molecule is CCNCC(Cc1ccc(Br)cc1F)c1ccc(Br)cc1. The molecule has 112 valence electrons. The van der Waals surface area contributed by atoms with Crippen molar-refractivity contribution in [2.75, 3.05) is 13.1 Å². The highest BCUT2D eigenvalue weighted by Crippen LogP contribution is 2.25. The lowest BCUT2D eigenvalue weighted by Crippen LogP contribution is -2.23. The Balaban J connectivity index is 2.21. The van der Waals surface area contributed by atoms with E-state index in [1.165, 1.54) is 11.6 Å². The highest BCUT2D eigenvalue weighted by Gasteiger charge is 2.14. The van der Waals surface area contributed by atoms with Crippen LogP contribution in [0.5, 0.6) is 0 Å². The Bertz CT molecular complexity index is 584. The average Bonchev–Trinajstić information content (AvgIpc) is 2.46. The lowest BCUT2D eigenvalue weighted by Gasteiger charge is -2.18. The molecule has 2 rings (SSSR count). The molecule has 0 saturated carbocycles. The standard InChI is InChI=1S/C17H18Br2FN/c1-2-21-11-14(12-3-6-15(18)7-4-12)9-13-5-8-16(19)10-17(13)20/h3-8,10,14,21H,2,9,11H2,1H3. The van der Waals surface area contributed by atoms with Gasteiger partial charge in [-0.3, -0.25) is 0 Å². The number of likely N-dealkylation sites (N-methyl/N-ethyl adjacent to an activating group) is 1. The molecular weight excluding hydrogens is 397 g/mol. The van der Waals surface area contributed by atoms with Crippen LogP contribution >= 0.6 is 31.9 Å². The molecule has 4 heteroatoms. The van der Waals surface area contributed by atoms with Gasteiger partial charge in [0, 0.05) is 21.4 Å². The molecule has 0 aliphatic heterocycles. The highest BCUT2D eigenvalue weighted by atomic mass is 79.9. The fourth-order valence-electron chi connectivity index (χ4n) is 2.31. The van der Waals surface area contributed by atoms with Crippen molar-refractivity contribution in [1.82, 2.24) is 5.32 Å². The predicted molar refractivity (Wildman–Crippen MR) is 93.2 cm³/mol. The van der Waals surface area contributed by atoms with E-state index in [0.29, 0.717) is 6.42 Å². The topological polar surface area (TPSA) is 12.0 Å². The Morgan fingerprint density at radius 2 is 1.71 bits per heavy atom. The molecule has 0 heterocycles. The minimum absolute atomic E-state index is 0.150. The molecule has 0 aliphatic carbocycles. The van der Waals surface area contributed by atoms with Crippen LogP contribution in [0.3, 0.4) is 0 Å². The number of nitrogens with one attached hydrogen (secondary N) is 1. The number of rotatable bonds is 6. The summed E-state index contributed by atoms with van der Waals surface area (Å²) in [5.41, 5.74) is 1.98. The molecule has 0 saturated heterocycles. The molecule has 1 atom stereocenters. The van der Waals surface area contributed by atoms with Crippen molar-refractivity contribution >= 4 is 31.9 Å². The van der Waals surface area contributed by atoms with Crippen molar-refractivity contribution in [2.24, 2.45) is 0 Å². The summed E-state index contributed by atoms with van der Waals surface area (Å²) in [4.78, 5) is 0. The number of halogens is 3. The Morgan fingerprint density at radius 1 is 1.05 bits per heavy atom. The van der Waals surface area contributed by atoms with Crippen molar-refractivity contribution in [1.29, 1.82) is 0 Å². The third-order valence-electron chi connectivity index (χ3n) is 3.46. The van der Waals surface area contributed by atoms with E-state index in [0.717, 1.165) is 27.6 Å². The second-order valence-corrected chi connectivity index (χ2v) is 6.83. The zero-order valence-electron chi connectivity index (χ0n) is 11.9. The van der Waals surface area contributed by atoms with E-state index in [4.69, 9.17) is 0 Å². The molecule has 0 aliphatic rings. The van der Waals surface area contributed by atoms with Crippen LogP contribution in [0.2, 0.25) is 0 Å². The Hall–Kier alpha value is -0.710. The lowest BCUT2D eigenvalue weighted by atomic mass is 9.91. The molecular formula is C17H18Br2FN. The monoisotopic (exact) mass is 413 g/mol. The van der Waals surface area contributed by atoms with E-state index in [9.17, 15) is 4.39 Å². The molecule has 0 amide bonds. The molecule has 0 radical (unpaired) electrons. The van der Waals surface area contributed by atoms with Crippen LogP contribution in [-0.4, -0.2) is 13.1 Å². The molecule has 0 spiro atoms. The average molecular weight is 415 g/mol. The van der Waals surface area contributed by atoms with Crippen molar-refractivity contribution in [3.8, 4) is 0 Å². The van der Waals surface area contributed by atoms with E-state index >= 15 is 0 Å². The summed E-state index contributed by atoms with van der Waals surface area (Å²) < 4.78 is 15.9. The minimum atomic E-state index is -0.150. The van der Waals surface area contributed by atoms with E-state index in [2.05, 4.69) is 56.2 Å². The number of benzene rings is 2. The Morgan fingerprint density at radius 3 is 2.33 bits per heavy atom. The van der Waals surface area contributed by atoms with E-state index in [1.807, 2.05) is 24.3 Å². The van der Waals surface area contributed by atoms with Gasteiger partial charge in [0.2, 0.25) is 0 Å². The number of hydrogen-bond acceptors (Lipinski definition) is 1. The van der Waals surface area contributed by atoms with Gasteiger partial charge in [-0.1, -0.05) is 57.0 Å². The van der Waals surface area contributed by atoms with Crippen LogP contribution in [0.15, 0.2) is 51.4 Å². The molecule has 0 fully saturated rings. The fraction of sp³-hybridized carbons (Fsp3) is 0.294. The first-order valence-corrected chi connectivity index (χ1v) is 8.59. The summed E-state index contributed by atoms with van der Waals surface area (Å²) in [6, 6.07) is 13.5. The summed E-state index contributed by atoms with van der Waals surface area (Å²) in [5, 5.41) is 3.37. The van der Waals surface area contributed by atoms with E-state index in [1.54, 1.807) is 0 Å². The van der Waals surface area contributed by atoms with Crippen LogP contribution in [0.4, 0.5) is 4.39 Å². The maximum absolute atomic E-state index is 14.1. The van der Waals surface area contributed by atoms with Crippen molar-refractivity contribution < 1.29 is 4.39 Å². The van der Waals surface area contributed by atoms with Gasteiger partial charge in [-0.2, -0.15) is 0 Å². The van der Waals surface area contributed by atoms with Crippen LogP contribution in [0.1, 0.15) is 24.0 Å². The van der Waals surface area contributed by atoms with Crippen LogP contribution in [-0.2, 0) is 6.42 Å². The first kappa shape index (κ1) is 16.7.